The molecule has 0 aliphatic heterocycles. The lowest BCUT2D eigenvalue weighted by atomic mass is 10.1. The number of carbonyl (C=O) groups is 1. The van der Waals surface area contributed by atoms with Gasteiger partial charge in [0.05, 0.1) is 0 Å². The van der Waals surface area contributed by atoms with Crippen molar-refractivity contribution >= 4 is 5.97 Å². The van der Waals surface area contributed by atoms with Crippen molar-refractivity contribution in [3.8, 4) is 12.3 Å². The summed E-state index contributed by atoms with van der Waals surface area (Å²) in [6.45, 7) is 3.54. The van der Waals surface area contributed by atoms with Crippen molar-refractivity contribution in [1.82, 2.24) is 0 Å². The van der Waals surface area contributed by atoms with Crippen molar-refractivity contribution < 1.29 is 9.90 Å². The van der Waals surface area contributed by atoms with Crippen LogP contribution in [-0.4, -0.2) is 11.1 Å². The Morgan fingerprint density at radius 1 is 1.45 bits per heavy atom. The maximum absolute atomic E-state index is 10.1. The van der Waals surface area contributed by atoms with Crippen LogP contribution >= 0.6 is 0 Å². The predicted octanol–water partition coefficient (Wildman–Crippen LogP) is 1.60. The molecule has 0 saturated heterocycles. The number of aliphatic carboxylic acids is 1. The predicted molar refractivity (Wildman–Crippen MR) is 44.0 cm³/mol. The second kappa shape index (κ2) is 4.35. The Morgan fingerprint density at radius 3 is 2.36 bits per heavy atom. The van der Waals surface area contributed by atoms with Gasteiger partial charge in [-0.25, -0.2) is 4.79 Å². The highest BCUT2D eigenvalue weighted by Gasteiger charge is 1.89. The van der Waals surface area contributed by atoms with Crippen LogP contribution < -0.4 is 0 Å². The molecule has 0 fully saturated rings. The lowest BCUT2D eigenvalue weighted by Crippen LogP contribution is -1.86. The van der Waals surface area contributed by atoms with E-state index in [1.807, 2.05) is 0 Å². The second-order valence-corrected chi connectivity index (χ2v) is 2.12. The molecule has 0 heterocycles. The van der Waals surface area contributed by atoms with Gasteiger partial charge in [0.2, 0.25) is 0 Å². The van der Waals surface area contributed by atoms with Crippen LogP contribution in [0.25, 0.3) is 0 Å². The minimum absolute atomic E-state index is 0.752. The van der Waals surface area contributed by atoms with Gasteiger partial charge in [-0.2, -0.15) is 0 Å². The van der Waals surface area contributed by atoms with E-state index in [-0.39, 0.29) is 0 Å². The summed E-state index contributed by atoms with van der Waals surface area (Å²) in [7, 11) is 0. The van der Waals surface area contributed by atoms with Crippen molar-refractivity contribution in [2.24, 2.45) is 0 Å². The van der Waals surface area contributed by atoms with Crippen molar-refractivity contribution in [3.05, 3.63) is 23.3 Å². The van der Waals surface area contributed by atoms with Crippen molar-refractivity contribution in [2.75, 3.05) is 0 Å². The molecule has 0 rings (SSSR count). The fraction of sp³-hybridized carbons (Fsp3) is 0.222. The van der Waals surface area contributed by atoms with Crippen LogP contribution in [-0.2, 0) is 4.79 Å². The van der Waals surface area contributed by atoms with Gasteiger partial charge >= 0.3 is 5.97 Å². The molecule has 0 aliphatic rings. The molecule has 0 aliphatic carbocycles. The van der Waals surface area contributed by atoms with Gasteiger partial charge in [0.1, 0.15) is 0 Å². The lowest BCUT2D eigenvalue weighted by molar-refractivity contribution is -0.131. The summed E-state index contributed by atoms with van der Waals surface area (Å²) in [6.07, 6.45) is 7.64. The van der Waals surface area contributed by atoms with E-state index in [1.165, 1.54) is 6.08 Å². The smallest absolute Gasteiger partial charge is 0.328 e. The topological polar surface area (TPSA) is 37.3 Å². The zero-order valence-electron chi connectivity index (χ0n) is 6.59. The summed E-state index contributed by atoms with van der Waals surface area (Å²) < 4.78 is 0. The molecule has 0 aromatic carbocycles. The van der Waals surface area contributed by atoms with Gasteiger partial charge in [-0.15, -0.1) is 6.42 Å². The highest BCUT2D eigenvalue weighted by atomic mass is 16.4. The van der Waals surface area contributed by atoms with Crippen LogP contribution in [0.1, 0.15) is 13.8 Å². The third-order valence-electron chi connectivity index (χ3n) is 1.28. The number of allylic oxidation sites excluding steroid dienone is 3. The van der Waals surface area contributed by atoms with E-state index >= 15 is 0 Å². The second-order valence-electron chi connectivity index (χ2n) is 2.12. The molecule has 0 radical (unpaired) electrons. The molecule has 0 atom stereocenters. The van der Waals surface area contributed by atoms with E-state index < -0.39 is 5.97 Å². The molecule has 58 valence electrons. The molecular weight excluding hydrogens is 140 g/mol. The number of rotatable bonds is 2. The Morgan fingerprint density at radius 2 is 2.00 bits per heavy atom. The van der Waals surface area contributed by atoms with Crippen LogP contribution in [0.2, 0.25) is 0 Å². The molecule has 0 bridgehead atoms. The first-order chi connectivity index (χ1) is 5.07. The van der Waals surface area contributed by atoms with E-state index in [1.54, 1.807) is 13.8 Å². The van der Waals surface area contributed by atoms with E-state index in [2.05, 4.69) is 5.92 Å². The average molecular weight is 150 g/mol. The summed E-state index contributed by atoms with van der Waals surface area (Å²) in [5.41, 5.74) is 1.55. The molecule has 0 unspecified atom stereocenters. The van der Waals surface area contributed by atoms with Crippen molar-refractivity contribution in [3.63, 3.8) is 0 Å². The molecule has 0 amide bonds. The number of hydrogen-bond donors (Lipinski definition) is 1. The molecule has 0 saturated carbocycles. The molecule has 2 nitrogen and oxygen atoms in total. The zero-order chi connectivity index (χ0) is 8.85. The zero-order valence-corrected chi connectivity index (χ0v) is 6.59. The summed E-state index contributed by atoms with van der Waals surface area (Å²) in [4.78, 5) is 10.1. The Kier molecular flexibility index (Phi) is 3.76. The van der Waals surface area contributed by atoms with Crippen LogP contribution in [0, 0.1) is 12.3 Å². The first-order valence-corrected chi connectivity index (χ1v) is 3.13. The average Bonchev–Trinajstić information content (AvgIpc) is 1.98. The maximum Gasteiger partial charge on any atom is 0.328 e. The third kappa shape index (κ3) is 3.99. The Balaban J connectivity index is 4.43. The Hall–Kier alpha value is -1.49. The molecule has 1 N–H and O–H groups in total. The van der Waals surface area contributed by atoms with Crippen molar-refractivity contribution in [1.29, 1.82) is 0 Å². The van der Waals surface area contributed by atoms with E-state index in [0.29, 0.717) is 0 Å². The third-order valence-corrected chi connectivity index (χ3v) is 1.28. The summed E-state index contributed by atoms with van der Waals surface area (Å²) in [5, 5.41) is 8.26. The maximum atomic E-state index is 10.1. The monoisotopic (exact) mass is 150 g/mol. The van der Waals surface area contributed by atoms with Gasteiger partial charge in [0.15, 0.2) is 0 Å². The largest absolute Gasteiger partial charge is 0.478 e. The van der Waals surface area contributed by atoms with E-state index in [0.717, 1.165) is 17.2 Å². The van der Waals surface area contributed by atoms with Gasteiger partial charge < -0.3 is 5.11 Å². The summed E-state index contributed by atoms with van der Waals surface area (Å²) in [6, 6.07) is 0. The Labute approximate surface area is 66.2 Å². The van der Waals surface area contributed by atoms with Gasteiger partial charge in [0, 0.05) is 11.6 Å². The van der Waals surface area contributed by atoms with E-state index in [4.69, 9.17) is 11.5 Å². The highest BCUT2D eigenvalue weighted by molar-refractivity contribution is 5.80. The molecular formula is C9H10O2. The number of carboxylic acids is 1. The fourth-order valence-corrected chi connectivity index (χ4v) is 0.435. The van der Waals surface area contributed by atoms with Crippen LogP contribution in [0.4, 0.5) is 0 Å². The number of terminal acetylenes is 1. The number of hydrogen-bond acceptors (Lipinski definition) is 1. The van der Waals surface area contributed by atoms with Crippen LogP contribution in [0.5, 0.6) is 0 Å². The van der Waals surface area contributed by atoms with Crippen molar-refractivity contribution in [2.45, 2.75) is 13.8 Å². The molecule has 2 heteroatoms. The minimum atomic E-state index is -0.964. The summed E-state index contributed by atoms with van der Waals surface area (Å²) in [5.74, 6) is 1.46. The minimum Gasteiger partial charge on any atom is -0.478 e. The molecule has 0 aromatic heterocycles. The fourth-order valence-electron chi connectivity index (χ4n) is 0.435. The number of carboxylic acid groups (broad SMARTS) is 1. The van der Waals surface area contributed by atoms with E-state index in [9.17, 15) is 4.79 Å². The Bertz CT molecular complexity index is 251. The lowest BCUT2D eigenvalue weighted by Gasteiger charge is -1.91. The van der Waals surface area contributed by atoms with Gasteiger partial charge in [-0.3, -0.25) is 0 Å². The van der Waals surface area contributed by atoms with Gasteiger partial charge in [-0.1, -0.05) is 12.0 Å². The first-order valence-electron chi connectivity index (χ1n) is 3.13. The van der Waals surface area contributed by atoms with Gasteiger partial charge in [0.25, 0.3) is 0 Å². The molecule has 11 heavy (non-hydrogen) atoms. The first kappa shape index (κ1) is 9.51. The van der Waals surface area contributed by atoms with Gasteiger partial charge in [-0.05, 0) is 19.4 Å². The summed E-state index contributed by atoms with van der Waals surface area (Å²) >= 11 is 0. The standard InChI is InChI=1S/C9H10O2/c1-4-7(2)8(3)5-6-9(10)11/h1,5-6H,2-3H3,(H,10,11). The quantitative estimate of drug-likeness (QED) is 0.369. The molecule has 0 spiro atoms. The highest BCUT2D eigenvalue weighted by Crippen LogP contribution is 2.02. The SMILES string of the molecule is C#CC(C)=C(C)C=CC(=O)O. The van der Waals surface area contributed by atoms with Crippen LogP contribution in [0.15, 0.2) is 23.3 Å². The van der Waals surface area contributed by atoms with Crippen LogP contribution in [0.3, 0.4) is 0 Å². The normalized spacial score (nSPS) is 12.5. The molecule has 0 aromatic rings.